The van der Waals surface area contributed by atoms with Crippen LogP contribution in [0.4, 0.5) is 13.2 Å². The van der Waals surface area contributed by atoms with E-state index in [2.05, 4.69) is 0 Å². The average molecular weight is 263 g/mol. The van der Waals surface area contributed by atoms with Crippen LogP contribution in [0.15, 0.2) is 29.8 Å². The van der Waals surface area contributed by atoms with Crippen LogP contribution in [0.1, 0.15) is 29.8 Å². The third-order valence-corrected chi connectivity index (χ3v) is 2.31. The van der Waals surface area contributed by atoms with Gasteiger partial charge in [0.05, 0.1) is 10.6 Å². The first-order valence-corrected chi connectivity index (χ1v) is 5.15. The van der Waals surface area contributed by atoms with Crippen LogP contribution < -0.4 is 0 Å². The van der Waals surface area contributed by atoms with Crippen LogP contribution in [-0.2, 0) is 6.18 Å². The van der Waals surface area contributed by atoms with Crippen LogP contribution in [0.3, 0.4) is 0 Å². The first-order valence-electron chi connectivity index (χ1n) is 4.78. The molecule has 1 rings (SSSR count). The summed E-state index contributed by atoms with van der Waals surface area (Å²) in [6.07, 6.45) is -3.23. The summed E-state index contributed by atoms with van der Waals surface area (Å²) < 4.78 is 37.4. The highest BCUT2D eigenvalue weighted by Crippen LogP contribution is 2.32. The van der Waals surface area contributed by atoms with E-state index < -0.39 is 17.5 Å². The van der Waals surface area contributed by atoms with Gasteiger partial charge in [-0.15, -0.1) is 0 Å². The molecule has 92 valence electrons. The summed E-state index contributed by atoms with van der Waals surface area (Å²) in [5.74, 6) is -0.527. The van der Waals surface area contributed by atoms with Gasteiger partial charge in [0.2, 0.25) is 0 Å². The number of carbonyl (C=O) groups is 1. The summed E-state index contributed by atoms with van der Waals surface area (Å²) in [5.41, 5.74) is -0.321. The molecule has 0 unspecified atom stereocenters. The monoisotopic (exact) mass is 262 g/mol. The van der Waals surface area contributed by atoms with Gasteiger partial charge in [-0.25, -0.2) is 0 Å². The third kappa shape index (κ3) is 3.60. The van der Waals surface area contributed by atoms with Crippen molar-refractivity contribution in [3.63, 3.8) is 0 Å². The van der Waals surface area contributed by atoms with E-state index in [4.69, 9.17) is 11.6 Å². The molecule has 0 spiro atoms. The van der Waals surface area contributed by atoms with Crippen molar-refractivity contribution < 1.29 is 18.0 Å². The van der Waals surface area contributed by atoms with Crippen molar-refractivity contribution in [2.75, 3.05) is 0 Å². The number of benzene rings is 1. The van der Waals surface area contributed by atoms with Gasteiger partial charge in [0, 0.05) is 5.56 Å². The Kier molecular flexibility index (Phi) is 3.98. The number of hydrogen-bond acceptors (Lipinski definition) is 1. The number of alkyl halides is 3. The number of allylic oxidation sites excluding steroid dienone is 2. The minimum absolute atomic E-state index is 0.0144. The van der Waals surface area contributed by atoms with Gasteiger partial charge < -0.3 is 0 Å². The lowest BCUT2D eigenvalue weighted by molar-refractivity contribution is -0.137. The van der Waals surface area contributed by atoms with Crippen molar-refractivity contribution in [3.8, 4) is 0 Å². The van der Waals surface area contributed by atoms with Gasteiger partial charge in [-0.2, -0.15) is 13.2 Å². The summed E-state index contributed by atoms with van der Waals surface area (Å²) in [7, 11) is 0. The summed E-state index contributed by atoms with van der Waals surface area (Å²) in [5, 5.41) is 0.0144. The fraction of sp³-hybridized carbons (Fsp3) is 0.250. The highest BCUT2D eigenvalue weighted by atomic mass is 35.5. The third-order valence-electron chi connectivity index (χ3n) is 1.98. The second-order valence-corrected chi connectivity index (χ2v) is 4.19. The molecule has 1 aromatic rings. The van der Waals surface area contributed by atoms with E-state index in [1.807, 2.05) is 0 Å². The lowest BCUT2D eigenvalue weighted by Gasteiger charge is -2.08. The lowest BCUT2D eigenvalue weighted by Crippen LogP contribution is -2.07. The fourth-order valence-corrected chi connectivity index (χ4v) is 1.44. The zero-order valence-electron chi connectivity index (χ0n) is 9.23. The van der Waals surface area contributed by atoms with E-state index in [0.29, 0.717) is 5.57 Å². The topological polar surface area (TPSA) is 17.1 Å². The SMILES string of the molecule is CC(C)=CC(=O)c1cc(C(F)(F)F)ccc1Cl. The molecule has 0 heterocycles. The Morgan fingerprint density at radius 3 is 2.35 bits per heavy atom. The van der Waals surface area contributed by atoms with E-state index in [1.165, 1.54) is 6.08 Å². The number of ketones is 1. The molecule has 0 radical (unpaired) electrons. The second kappa shape index (κ2) is 4.92. The molecule has 0 aliphatic rings. The van der Waals surface area contributed by atoms with Gasteiger partial charge in [0.15, 0.2) is 5.78 Å². The number of rotatable bonds is 2. The predicted octanol–water partition coefficient (Wildman–Crippen LogP) is 4.51. The Labute approximate surface area is 102 Å². The van der Waals surface area contributed by atoms with Gasteiger partial charge in [-0.3, -0.25) is 4.79 Å². The predicted molar refractivity (Wildman–Crippen MR) is 60.2 cm³/mol. The van der Waals surface area contributed by atoms with Crippen molar-refractivity contribution in [1.29, 1.82) is 0 Å². The lowest BCUT2D eigenvalue weighted by atomic mass is 10.1. The molecular formula is C12H10ClF3O. The largest absolute Gasteiger partial charge is 0.416 e. The van der Waals surface area contributed by atoms with Gasteiger partial charge in [-0.1, -0.05) is 17.2 Å². The molecule has 0 N–H and O–H groups in total. The molecule has 0 aromatic heterocycles. The zero-order chi connectivity index (χ0) is 13.2. The maximum atomic E-state index is 12.5. The molecule has 0 bridgehead atoms. The van der Waals surface area contributed by atoms with E-state index in [9.17, 15) is 18.0 Å². The molecule has 5 heteroatoms. The van der Waals surface area contributed by atoms with Crippen molar-refractivity contribution in [1.82, 2.24) is 0 Å². The summed E-state index contributed by atoms with van der Waals surface area (Å²) in [6.45, 7) is 3.36. The van der Waals surface area contributed by atoms with E-state index in [-0.39, 0.29) is 10.6 Å². The van der Waals surface area contributed by atoms with Gasteiger partial charge in [-0.05, 0) is 38.1 Å². The molecule has 1 aromatic carbocycles. The van der Waals surface area contributed by atoms with Gasteiger partial charge >= 0.3 is 6.18 Å². The molecule has 0 saturated carbocycles. The Balaban J connectivity index is 3.25. The standard InChI is InChI=1S/C12H10ClF3O/c1-7(2)5-11(17)9-6-8(12(14,15)16)3-4-10(9)13/h3-6H,1-2H3. The molecule has 0 fully saturated rings. The molecular weight excluding hydrogens is 253 g/mol. The highest BCUT2D eigenvalue weighted by Gasteiger charge is 2.31. The molecule has 0 aliphatic carbocycles. The Hall–Kier alpha value is -1.29. The first-order chi connectivity index (χ1) is 7.71. The quantitative estimate of drug-likeness (QED) is 0.566. The summed E-state index contributed by atoms with van der Waals surface area (Å²) in [4.78, 5) is 11.6. The van der Waals surface area contributed by atoms with Crippen LogP contribution in [0.25, 0.3) is 0 Å². The second-order valence-electron chi connectivity index (χ2n) is 3.78. The Morgan fingerprint density at radius 1 is 1.29 bits per heavy atom. The van der Waals surface area contributed by atoms with Gasteiger partial charge in [0.1, 0.15) is 0 Å². The van der Waals surface area contributed by atoms with E-state index in [0.717, 1.165) is 18.2 Å². The molecule has 0 amide bonds. The molecule has 17 heavy (non-hydrogen) atoms. The van der Waals surface area contributed by atoms with Gasteiger partial charge in [0.25, 0.3) is 0 Å². The Bertz CT molecular complexity index is 471. The van der Waals surface area contributed by atoms with Crippen LogP contribution in [0.5, 0.6) is 0 Å². The van der Waals surface area contributed by atoms with Crippen LogP contribution in [0, 0.1) is 0 Å². The van der Waals surface area contributed by atoms with Crippen molar-refractivity contribution in [3.05, 3.63) is 46.0 Å². The smallest absolute Gasteiger partial charge is 0.289 e. The number of carbonyl (C=O) groups excluding carboxylic acids is 1. The van der Waals surface area contributed by atoms with E-state index in [1.54, 1.807) is 13.8 Å². The summed E-state index contributed by atoms with van der Waals surface area (Å²) >= 11 is 5.71. The normalized spacial score (nSPS) is 11.2. The van der Waals surface area contributed by atoms with E-state index >= 15 is 0 Å². The number of hydrogen-bond donors (Lipinski definition) is 0. The molecule has 0 aliphatic heterocycles. The minimum Gasteiger partial charge on any atom is -0.289 e. The highest BCUT2D eigenvalue weighted by molar-refractivity contribution is 6.34. The maximum absolute atomic E-state index is 12.5. The average Bonchev–Trinajstić information content (AvgIpc) is 2.15. The Morgan fingerprint density at radius 2 is 1.88 bits per heavy atom. The molecule has 0 atom stereocenters. The molecule has 1 nitrogen and oxygen atoms in total. The van der Waals surface area contributed by atoms with Crippen LogP contribution in [0.2, 0.25) is 5.02 Å². The van der Waals surface area contributed by atoms with Crippen LogP contribution in [-0.4, -0.2) is 5.78 Å². The fourth-order valence-electron chi connectivity index (χ4n) is 1.23. The van der Waals surface area contributed by atoms with Crippen molar-refractivity contribution >= 4 is 17.4 Å². The maximum Gasteiger partial charge on any atom is 0.416 e. The van der Waals surface area contributed by atoms with Crippen molar-refractivity contribution in [2.24, 2.45) is 0 Å². The first kappa shape index (κ1) is 13.8. The number of halogens is 4. The minimum atomic E-state index is -4.48. The van der Waals surface area contributed by atoms with Crippen molar-refractivity contribution in [2.45, 2.75) is 20.0 Å². The zero-order valence-corrected chi connectivity index (χ0v) is 9.99. The molecule has 0 saturated heterocycles. The summed E-state index contributed by atoms with van der Waals surface area (Å²) in [6, 6.07) is 2.70. The van der Waals surface area contributed by atoms with Crippen LogP contribution >= 0.6 is 11.6 Å².